The van der Waals surface area contributed by atoms with Crippen molar-refractivity contribution in [2.75, 3.05) is 4.90 Å². The molecule has 1 aliphatic rings. The second-order valence-corrected chi connectivity index (χ2v) is 7.33. The van der Waals surface area contributed by atoms with Crippen molar-refractivity contribution in [2.45, 2.75) is 23.8 Å². The van der Waals surface area contributed by atoms with Crippen LogP contribution in [0.25, 0.3) is 0 Å². The quantitative estimate of drug-likeness (QED) is 0.606. The maximum atomic E-state index is 12.6. The zero-order valence-corrected chi connectivity index (χ0v) is 15.1. The summed E-state index contributed by atoms with van der Waals surface area (Å²) in [6.07, 6.45) is -0.0825. The van der Waals surface area contributed by atoms with Gasteiger partial charge in [0.25, 0.3) is 5.56 Å². The fraction of sp³-hybridized carbons (Fsp3) is 0.200. The Morgan fingerprint density at radius 3 is 2.68 bits per heavy atom. The van der Waals surface area contributed by atoms with Crippen molar-refractivity contribution in [3.8, 4) is 5.88 Å². The number of amides is 2. The monoisotopic (exact) mass is 399 g/mol. The number of aromatic hydroxyl groups is 1. The number of halogens is 2. The summed E-state index contributed by atoms with van der Waals surface area (Å²) in [4.78, 5) is 43.8. The minimum Gasteiger partial charge on any atom is -0.493 e. The van der Waals surface area contributed by atoms with Crippen LogP contribution in [0.4, 0.5) is 5.69 Å². The Bertz CT molecular complexity index is 947. The summed E-state index contributed by atoms with van der Waals surface area (Å²) < 4.78 is 0. The van der Waals surface area contributed by atoms with Crippen LogP contribution in [0, 0.1) is 6.92 Å². The van der Waals surface area contributed by atoms with E-state index in [2.05, 4.69) is 9.97 Å². The first-order chi connectivity index (χ1) is 11.8. The molecule has 0 bridgehead atoms. The van der Waals surface area contributed by atoms with Crippen LogP contribution in [0.5, 0.6) is 5.88 Å². The van der Waals surface area contributed by atoms with Gasteiger partial charge < -0.3 is 10.1 Å². The Balaban J connectivity index is 1.88. The number of imide groups is 1. The molecule has 25 heavy (non-hydrogen) atoms. The number of hydrogen-bond donors (Lipinski definition) is 2. The third kappa shape index (κ3) is 3.37. The first kappa shape index (κ1) is 17.8. The summed E-state index contributed by atoms with van der Waals surface area (Å²) in [5.74, 6) is -1.33. The van der Waals surface area contributed by atoms with Crippen LogP contribution in [0.2, 0.25) is 10.0 Å². The number of benzene rings is 1. The van der Waals surface area contributed by atoms with Crippen LogP contribution >= 0.6 is 35.0 Å². The predicted molar refractivity (Wildman–Crippen MR) is 94.5 cm³/mol. The Hall–Kier alpha value is -2.03. The summed E-state index contributed by atoms with van der Waals surface area (Å²) >= 11 is 12.8. The molecule has 0 aliphatic carbocycles. The highest BCUT2D eigenvalue weighted by atomic mass is 35.5. The van der Waals surface area contributed by atoms with E-state index in [1.54, 1.807) is 0 Å². The predicted octanol–water partition coefficient (Wildman–Crippen LogP) is 2.51. The number of anilines is 1. The molecular weight excluding hydrogens is 389 g/mol. The second kappa shape index (κ2) is 6.70. The van der Waals surface area contributed by atoms with E-state index < -0.39 is 28.5 Å². The van der Waals surface area contributed by atoms with Crippen molar-refractivity contribution in [3.63, 3.8) is 0 Å². The number of carbonyl (C=O) groups is 2. The molecule has 3 rings (SSSR count). The minimum absolute atomic E-state index is 0.0586. The van der Waals surface area contributed by atoms with Crippen molar-refractivity contribution in [1.29, 1.82) is 0 Å². The summed E-state index contributed by atoms with van der Waals surface area (Å²) in [6.45, 7) is 1.42. The Labute approximate surface area is 156 Å². The topological polar surface area (TPSA) is 103 Å². The van der Waals surface area contributed by atoms with E-state index in [0.29, 0.717) is 5.02 Å². The SMILES string of the molecule is Cc1c(O)nc(S[C@H]2CC(=O)N(c3ccc(Cl)cc3Cl)C2=O)[nH]c1=O. The lowest BCUT2D eigenvalue weighted by Crippen LogP contribution is -2.31. The molecule has 7 nitrogen and oxygen atoms in total. The summed E-state index contributed by atoms with van der Waals surface area (Å²) in [5, 5.41) is 9.46. The molecule has 1 aromatic heterocycles. The molecule has 0 saturated carbocycles. The number of aromatic nitrogens is 2. The highest BCUT2D eigenvalue weighted by Crippen LogP contribution is 2.36. The Kier molecular flexibility index (Phi) is 4.77. The van der Waals surface area contributed by atoms with Gasteiger partial charge in [-0.1, -0.05) is 35.0 Å². The van der Waals surface area contributed by atoms with E-state index in [9.17, 15) is 19.5 Å². The van der Waals surface area contributed by atoms with Crippen molar-refractivity contribution >= 4 is 52.5 Å². The highest BCUT2D eigenvalue weighted by Gasteiger charge is 2.41. The molecule has 1 aromatic carbocycles. The normalized spacial score (nSPS) is 17.4. The molecule has 0 spiro atoms. The first-order valence-corrected chi connectivity index (χ1v) is 8.70. The Morgan fingerprint density at radius 2 is 2.04 bits per heavy atom. The van der Waals surface area contributed by atoms with Crippen LogP contribution in [0.1, 0.15) is 12.0 Å². The van der Waals surface area contributed by atoms with Gasteiger partial charge in [0.05, 0.1) is 16.3 Å². The zero-order chi connectivity index (χ0) is 18.3. The molecule has 2 amide bonds. The van der Waals surface area contributed by atoms with Crippen LogP contribution in [-0.2, 0) is 9.59 Å². The number of nitrogens with one attached hydrogen (secondary N) is 1. The van der Waals surface area contributed by atoms with Gasteiger partial charge in [-0.25, -0.2) is 4.90 Å². The number of hydrogen-bond acceptors (Lipinski definition) is 6. The molecular formula is C15H11Cl2N3O4S. The van der Waals surface area contributed by atoms with Gasteiger partial charge in [0.2, 0.25) is 17.7 Å². The minimum atomic E-state index is -0.787. The largest absolute Gasteiger partial charge is 0.493 e. The average Bonchev–Trinajstić information content (AvgIpc) is 2.80. The van der Waals surface area contributed by atoms with E-state index in [4.69, 9.17) is 23.2 Å². The molecule has 0 radical (unpaired) electrons. The number of rotatable bonds is 3. The van der Waals surface area contributed by atoms with E-state index in [-0.39, 0.29) is 27.9 Å². The average molecular weight is 400 g/mol. The Morgan fingerprint density at radius 1 is 1.32 bits per heavy atom. The van der Waals surface area contributed by atoms with Crippen molar-refractivity contribution in [3.05, 3.63) is 44.2 Å². The van der Waals surface area contributed by atoms with Crippen LogP contribution in [0.15, 0.2) is 28.2 Å². The number of aromatic amines is 1. The highest BCUT2D eigenvalue weighted by molar-refractivity contribution is 8.00. The van der Waals surface area contributed by atoms with E-state index in [1.165, 1.54) is 25.1 Å². The van der Waals surface area contributed by atoms with Crippen LogP contribution < -0.4 is 10.5 Å². The summed E-state index contributed by atoms with van der Waals surface area (Å²) in [5.41, 5.74) is -0.186. The molecule has 2 heterocycles. The summed E-state index contributed by atoms with van der Waals surface area (Å²) in [6, 6.07) is 4.46. The standard InChI is InChI=1S/C15H11Cl2N3O4S/c1-6-12(22)18-15(19-13(6)23)25-10-5-11(21)20(14(10)24)9-3-2-7(16)4-8(9)17/h2-4,10H,5H2,1H3,(H2,18,19,22,23)/t10-/m0/s1. The molecule has 0 unspecified atom stereocenters. The molecule has 1 fully saturated rings. The maximum Gasteiger partial charge on any atom is 0.258 e. The van der Waals surface area contributed by atoms with Gasteiger partial charge in [0.1, 0.15) is 5.25 Å². The van der Waals surface area contributed by atoms with E-state index >= 15 is 0 Å². The first-order valence-electron chi connectivity index (χ1n) is 7.06. The van der Waals surface area contributed by atoms with Gasteiger partial charge in [-0.15, -0.1) is 0 Å². The summed E-state index contributed by atoms with van der Waals surface area (Å²) in [7, 11) is 0. The number of carbonyl (C=O) groups excluding carboxylic acids is 2. The van der Waals surface area contributed by atoms with E-state index in [1.807, 2.05) is 0 Å². The molecule has 10 heteroatoms. The fourth-order valence-electron chi connectivity index (χ4n) is 2.30. The smallest absolute Gasteiger partial charge is 0.258 e. The van der Waals surface area contributed by atoms with Crippen LogP contribution in [-0.4, -0.2) is 32.1 Å². The van der Waals surface area contributed by atoms with Gasteiger partial charge in [-0.3, -0.25) is 14.4 Å². The number of nitrogens with zero attached hydrogens (tertiary/aromatic N) is 2. The molecule has 2 aromatic rings. The maximum absolute atomic E-state index is 12.6. The van der Waals surface area contributed by atoms with Crippen LogP contribution in [0.3, 0.4) is 0 Å². The van der Waals surface area contributed by atoms with Gasteiger partial charge in [-0.2, -0.15) is 4.98 Å². The van der Waals surface area contributed by atoms with Crippen molar-refractivity contribution < 1.29 is 14.7 Å². The number of H-pyrrole nitrogens is 1. The van der Waals surface area contributed by atoms with Crippen molar-refractivity contribution in [1.82, 2.24) is 9.97 Å². The lowest BCUT2D eigenvalue weighted by atomic mass is 10.3. The van der Waals surface area contributed by atoms with E-state index in [0.717, 1.165) is 16.7 Å². The van der Waals surface area contributed by atoms with Crippen molar-refractivity contribution in [2.24, 2.45) is 0 Å². The molecule has 1 aliphatic heterocycles. The van der Waals surface area contributed by atoms with Gasteiger partial charge in [0, 0.05) is 11.4 Å². The van der Waals surface area contributed by atoms with Gasteiger partial charge >= 0.3 is 0 Å². The molecule has 1 saturated heterocycles. The van der Waals surface area contributed by atoms with Gasteiger partial charge in [0.15, 0.2) is 5.16 Å². The molecule has 2 N–H and O–H groups in total. The third-order valence-electron chi connectivity index (χ3n) is 3.61. The zero-order valence-electron chi connectivity index (χ0n) is 12.7. The fourth-order valence-corrected chi connectivity index (χ4v) is 3.79. The second-order valence-electron chi connectivity index (χ2n) is 5.29. The molecule has 1 atom stereocenters. The molecule has 130 valence electrons. The number of thioether (sulfide) groups is 1. The van der Waals surface area contributed by atoms with Gasteiger partial charge in [-0.05, 0) is 25.1 Å². The lowest BCUT2D eigenvalue weighted by molar-refractivity contribution is -0.121. The lowest BCUT2D eigenvalue weighted by Gasteiger charge is -2.16. The third-order valence-corrected chi connectivity index (χ3v) is 5.22.